The van der Waals surface area contributed by atoms with Crippen molar-refractivity contribution >= 4 is 22.5 Å². The summed E-state index contributed by atoms with van der Waals surface area (Å²) < 4.78 is 7.51. The summed E-state index contributed by atoms with van der Waals surface area (Å²) in [6.45, 7) is 18.9. The normalized spacial score (nSPS) is 14.4. The van der Waals surface area contributed by atoms with Crippen LogP contribution in [0.3, 0.4) is 0 Å². The van der Waals surface area contributed by atoms with E-state index in [4.69, 9.17) is 4.74 Å². The van der Waals surface area contributed by atoms with E-state index in [2.05, 4.69) is 73.3 Å². The summed E-state index contributed by atoms with van der Waals surface area (Å²) in [5, 5.41) is 4.83. The van der Waals surface area contributed by atoms with Crippen LogP contribution in [-0.4, -0.2) is 66.7 Å². The first kappa shape index (κ1) is 26.0. The largest absolute Gasteiger partial charge is 0.383 e. The molecule has 0 aliphatic carbocycles. The number of allylic oxidation sites excluding steroid dienone is 1. The maximum Gasteiger partial charge on any atom is 0.254 e. The first-order chi connectivity index (χ1) is 17.3. The zero-order valence-electron chi connectivity index (χ0n) is 22.5. The number of benzene rings is 2. The lowest BCUT2D eigenvalue weighted by Gasteiger charge is -2.34. The van der Waals surface area contributed by atoms with Crippen molar-refractivity contribution in [3.05, 3.63) is 76.5 Å². The Balaban J connectivity index is 1.68. The van der Waals surface area contributed by atoms with Gasteiger partial charge >= 0.3 is 0 Å². The maximum atomic E-state index is 13.7. The van der Waals surface area contributed by atoms with Crippen LogP contribution in [0.2, 0.25) is 0 Å². The number of aryl methyl sites for hydroxylation is 3. The van der Waals surface area contributed by atoms with Crippen LogP contribution in [0.4, 0.5) is 5.69 Å². The molecule has 0 bridgehead atoms. The van der Waals surface area contributed by atoms with Gasteiger partial charge in [-0.15, -0.1) is 6.58 Å². The molecule has 6 nitrogen and oxygen atoms in total. The van der Waals surface area contributed by atoms with Gasteiger partial charge < -0.3 is 19.5 Å². The van der Waals surface area contributed by atoms with Gasteiger partial charge in [-0.3, -0.25) is 9.69 Å². The third-order valence-corrected chi connectivity index (χ3v) is 7.66. The van der Waals surface area contributed by atoms with Gasteiger partial charge in [0.25, 0.3) is 5.91 Å². The Labute approximate surface area is 215 Å². The second-order valence-electron chi connectivity index (χ2n) is 9.88. The minimum atomic E-state index is 0.104. The zero-order chi connectivity index (χ0) is 25.8. The van der Waals surface area contributed by atoms with Gasteiger partial charge in [0.15, 0.2) is 0 Å². The lowest BCUT2D eigenvalue weighted by atomic mass is 10.0. The van der Waals surface area contributed by atoms with Crippen molar-refractivity contribution in [3.8, 4) is 0 Å². The van der Waals surface area contributed by atoms with E-state index in [0.717, 1.165) is 68.0 Å². The number of anilines is 1. The van der Waals surface area contributed by atoms with E-state index < -0.39 is 0 Å². The van der Waals surface area contributed by atoms with E-state index in [-0.39, 0.29) is 5.91 Å². The fourth-order valence-corrected chi connectivity index (χ4v) is 5.28. The van der Waals surface area contributed by atoms with Crippen molar-refractivity contribution in [1.82, 2.24) is 14.4 Å². The van der Waals surface area contributed by atoms with Gasteiger partial charge in [0.2, 0.25) is 0 Å². The van der Waals surface area contributed by atoms with Gasteiger partial charge in [0.05, 0.1) is 17.8 Å². The molecular formula is C30H40N4O2. The summed E-state index contributed by atoms with van der Waals surface area (Å²) in [7, 11) is 1.73. The van der Waals surface area contributed by atoms with E-state index in [1.165, 1.54) is 27.9 Å². The van der Waals surface area contributed by atoms with Gasteiger partial charge in [-0.2, -0.15) is 0 Å². The van der Waals surface area contributed by atoms with Gasteiger partial charge in [-0.1, -0.05) is 24.3 Å². The Morgan fingerprint density at radius 2 is 1.78 bits per heavy atom. The lowest BCUT2D eigenvalue weighted by molar-refractivity contribution is 0.0594. The highest BCUT2D eigenvalue weighted by atomic mass is 16.5. The fourth-order valence-electron chi connectivity index (χ4n) is 5.28. The number of nitrogens with one attached hydrogen (secondary N) is 1. The molecule has 3 aromatic rings. The molecule has 1 N–H and O–H groups in total. The second-order valence-corrected chi connectivity index (χ2v) is 9.88. The number of hydrogen-bond donors (Lipinski definition) is 1. The highest BCUT2D eigenvalue weighted by Crippen LogP contribution is 2.34. The van der Waals surface area contributed by atoms with Crippen molar-refractivity contribution in [2.75, 3.05) is 51.8 Å². The summed E-state index contributed by atoms with van der Waals surface area (Å²) in [5.41, 5.74) is 9.13. The third kappa shape index (κ3) is 5.20. The molecule has 0 radical (unpaired) electrons. The number of carbonyl (C=O) groups is 1. The molecule has 1 aliphatic heterocycles. The molecule has 2 aromatic carbocycles. The number of fused-ring (bicyclic) bond motifs is 1. The van der Waals surface area contributed by atoms with E-state index in [1.807, 2.05) is 17.0 Å². The predicted octanol–water partition coefficient (Wildman–Crippen LogP) is 5.08. The minimum Gasteiger partial charge on any atom is -0.383 e. The molecule has 0 saturated carbocycles. The Morgan fingerprint density at radius 3 is 2.42 bits per heavy atom. The Kier molecular flexibility index (Phi) is 8.17. The highest BCUT2D eigenvalue weighted by Gasteiger charge is 2.24. The standard InChI is InChI=1S/C30H40N4O2/c1-7-11-34-24(5)23(4)26-18-25(30(35)33-14-12-32(13-15-33)16-17-36-6)19-28(29(26)34)31-20-27-21(2)9-8-10-22(27)3/h7-10,18-19,31H,1,11-17,20H2,2-6H3. The number of carbonyl (C=O) groups excluding carboxylic acids is 1. The predicted molar refractivity (Wildman–Crippen MR) is 149 cm³/mol. The Hall–Kier alpha value is -3.09. The van der Waals surface area contributed by atoms with Gasteiger partial charge in [0.1, 0.15) is 0 Å². The molecule has 0 atom stereocenters. The first-order valence-corrected chi connectivity index (χ1v) is 12.9. The molecule has 6 heteroatoms. The van der Waals surface area contributed by atoms with Crippen LogP contribution in [0.25, 0.3) is 10.9 Å². The molecule has 0 spiro atoms. The molecule has 1 aliphatic rings. The molecule has 1 saturated heterocycles. The average Bonchev–Trinajstić information content (AvgIpc) is 3.12. The van der Waals surface area contributed by atoms with E-state index in [0.29, 0.717) is 6.54 Å². The first-order valence-electron chi connectivity index (χ1n) is 12.9. The summed E-state index contributed by atoms with van der Waals surface area (Å²) in [5.74, 6) is 0.104. The zero-order valence-corrected chi connectivity index (χ0v) is 22.5. The Bertz CT molecular complexity index is 1230. The molecule has 1 fully saturated rings. The molecule has 1 amide bonds. The number of rotatable bonds is 9. The summed E-state index contributed by atoms with van der Waals surface area (Å²) in [6, 6.07) is 10.5. The molecule has 1 aromatic heterocycles. The number of piperazine rings is 1. The molecular weight excluding hydrogens is 448 g/mol. The molecule has 2 heterocycles. The number of amides is 1. The molecule has 4 rings (SSSR count). The smallest absolute Gasteiger partial charge is 0.254 e. The number of methoxy groups -OCH3 is 1. The van der Waals surface area contributed by atoms with Gasteiger partial charge in [-0.25, -0.2) is 0 Å². The number of aromatic nitrogens is 1. The van der Waals surface area contributed by atoms with E-state index in [9.17, 15) is 4.79 Å². The van der Waals surface area contributed by atoms with Crippen molar-refractivity contribution in [2.24, 2.45) is 0 Å². The molecule has 192 valence electrons. The van der Waals surface area contributed by atoms with Crippen molar-refractivity contribution in [3.63, 3.8) is 0 Å². The van der Waals surface area contributed by atoms with Crippen LogP contribution >= 0.6 is 0 Å². The number of nitrogens with zero attached hydrogens (tertiary/aromatic N) is 3. The lowest BCUT2D eigenvalue weighted by Crippen LogP contribution is -2.49. The monoisotopic (exact) mass is 488 g/mol. The summed E-state index contributed by atoms with van der Waals surface area (Å²) >= 11 is 0. The number of ether oxygens (including phenoxy) is 1. The topological polar surface area (TPSA) is 49.7 Å². The number of hydrogen-bond acceptors (Lipinski definition) is 4. The van der Waals surface area contributed by atoms with Crippen molar-refractivity contribution < 1.29 is 9.53 Å². The van der Waals surface area contributed by atoms with E-state index in [1.54, 1.807) is 7.11 Å². The van der Waals surface area contributed by atoms with E-state index >= 15 is 0 Å². The van der Waals surface area contributed by atoms with Crippen LogP contribution in [0, 0.1) is 27.7 Å². The quantitative estimate of drug-likeness (QED) is 0.427. The second kappa shape index (κ2) is 11.3. The highest BCUT2D eigenvalue weighted by molar-refractivity contribution is 6.04. The third-order valence-electron chi connectivity index (χ3n) is 7.66. The summed E-state index contributed by atoms with van der Waals surface area (Å²) in [6.07, 6.45) is 1.93. The minimum absolute atomic E-state index is 0.104. The molecule has 0 unspecified atom stereocenters. The fraction of sp³-hybridized carbons (Fsp3) is 0.433. The van der Waals surface area contributed by atoms with Gasteiger partial charge in [-0.05, 0) is 62.1 Å². The van der Waals surface area contributed by atoms with Crippen LogP contribution in [0.1, 0.15) is 38.3 Å². The van der Waals surface area contributed by atoms with Crippen molar-refractivity contribution in [1.29, 1.82) is 0 Å². The van der Waals surface area contributed by atoms with Crippen LogP contribution in [0.15, 0.2) is 43.0 Å². The van der Waals surface area contributed by atoms with Crippen LogP contribution < -0.4 is 5.32 Å². The van der Waals surface area contributed by atoms with Crippen LogP contribution in [-0.2, 0) is 17.8 Å². The van der Waals surface area contributed by atoms with Gasteiger partial charge in [0, 0.05) is 69.6 Å². The Morgan fingerprint density at radius 1 is 1.08 bits per heavy atom. The maximum absolute atomic E-state index is 13.7. The van der Waals surface area contributed by atoms with Crippen molar-refractivity contribution in [2.45, 2.75) is 40.8 Å². The SMILES string of the molecule is C=CCn1c(C)c(C)c2cc(C(=O)N3CCN(CCOC)CC3)cc(NCc3c(C)cccc3C)c21. The molecule has 36 heavy (non-hydrogen) atoms. The summed E-state index contributed by atoms with van der Waals surface area (Å²) in [4.78, 5) is 18.0. The van der Waals surface area contributed by atoms with Crippen LogP contribution in [0.5, 0.6) is 0 Å². The average molecular weight is 489 g/mol.